The molecule has 4 N–H and O–H groups in total. The number of ketones is 1. The number of Topliss-reactive ketones (excluding diaryl/α,β-unsaturated/α-hetero) is 1. The van der Waals surface area contributed by atoms with Crippen LogP contribution >= 0.6 is 0 Å². The van der Waals surface area contributed by atoms with Gasteiger partial charge >= 0.3 is 6.03 Å². The maximum absolute atomic E-state index is 14.5. The number of carbonyl (C=O) groups is 5. The smallest absolute Gasteiger partial charge is 0.315 e. The van der Waals surface area contributed by atoms with Crippen molar-refractivity contribution in [1.82, 2.24) is 26.2 Å². The van der Waals surface area contributed by atoms with Crippen LogP contribution in [-0.2, 0) is 29.0 Å². The van der Waals surface area contributed by atoms with Gasteiger partial charge in [0, 0.05) is 19.3 Å². The molecule has 3 unspecified atom stereocenters. The fourth-order valence-electron chi connectivity index (χ4n) is 8.52. The first-order valence-corrected chi connectivity index (χ1v) is 19.5. The van der Waals surface area contributed by atoms with Gasteiger partial charge in [-0.3, -0.25) is 19.2 Å². The second-order valence-corrected chi connectivity index (χ2v) is 17.1. The van der Waals surface area contributed by atoms with E-state index in [0.29, 0.717) is 25.8 Å². The van der Waals surface area contributed by atoms with Crippen LogP contribution < -0.4 is 21.3 Å². The average Bonchev–Trinajstić information content (AvgIpc) is 3.32. The number of fused-ring (bicyclic) bond motifs is 1. The molecule has 4 fully saturated rings. The average molecular weight is 678 g/mol. The minimum absolute atomic E-state index is 0.0829. The zero-order valence-electron chi connectivity index (χ0n) is 28.6. The van der Waals surface area contributed by atoms with E-state index in [4.69, 9.17) is 0 Å². The normalized spacial score (nSPS) is 26.2. The number of carbonyl (C=O) groups excluding carboxylic acids is 5. The molecule has 3 saturated carbocycles. The van der Waals surface area contributed by atoms with Crippen LogP contribution in [-0.4, -0.2) is 91.6 Å². The van der Waals surface area contributed by atoms with Gasteiger partial charge in [0.1, 0.15) is 21.9 Å². The Bertz CT molecular complexity index is 1320. The molecule has 264 valence electrons. The lowest BCUT2D eigenvalue weighted by Gasteiger charge is -2.40. The second kappa shape index (κ2) is 15.1. The van der Waals surface area contributed by atoms with Gasteiger partial charge < -0.3 is 26.2 Å². The van der Waals surface area contributed by atoms with Crippen molar-refractivity contribution in [1.29, 1.82) is 0 Å². The first kappa shape index (κ1) is 36.9. The summed E-state index contributed by atoms with van der Waals surface area (Å²) in [7, 11) is -3.38. The number of amides is 5. The predicted molar refractivity (Wildman–Crippen MR) is 179 cm³/mol. The van der Waals surface area contributed by atoms with Crippen molar-refractivity contribution in [3.05, 3.63) is 12.7 Å². The molecule has 47 heavy (non-hydrogen) atoms. The van der Waals surface area contributed by atoms with Crippen LogP contribution in [0.4, 0.5) is 4.79 Å². The van der Waals surface area contributed by atoms with Crippen LogP contribution in [0.3, 0.4) is 0 Å². The number of piperidine rings is 1. The highest BCUT2D eigenvalue weighted by Crippen LogP contribution is 2.65. The second-order valence-electron chi connectivity index (χ2n) is 15.0. The molecule has 0 aromatic heterocycles. The van der Waals surface area contributed by atoms with E-state index in [1.54, 1.807) is 4.90 Å². The molecule has 1 aliphatic heterocycles. The Kier molecular flexibility index (Phi) is 11.8. The summed E-state index contributed by atoms with van der Waals surface area (Å²) in [5.41, 5.74) is -1.08. The lowest BCUT2D eigenvalue weighted by atomic mass is 9.82. The van der Waals surface area contributed by atoms with Gasteiger partial charge in [-0.05, 0) is 55.3 Å². The van der Waals surface area contributed by atoms with Gasteiger partial charge in [0.05, 0.1) is 17.3 Å². The van der Waals surface area contributed by atoms with Crippen LogP contribution in [0.5, 0.6) is 0 Å². The van der Waals surface area contributed by atoms with Crippen LogP contribution in [0, 0.1) is 23.2 Å². The van der Waals surface area contributed by atoms with E-state index >= 15 is 0 Å². The summed E-state index contributed by atoms with van der Waals surface area (Å²) < 4.78 is 24.7. The maximum atomic E-state index is 14.5. The SMILES string of the molecule is C=CCNC(=O)C(=O)C(CCC)NC(=O)[C@@H]1C2C(CN1C(=O)[C@@H](NC(=O)NC1(CS(C)(=O)=O)CCCCC1)C1CCCCC1)C2(C)C. The molecule has 0 spiro atoms. The highest BCUT2D eigenvalue weighted by molar-refractivity contribution is 7.90. The molecule has 13 heteroatoms. The number of likely N-dealkylation sites (tertiary alicyclic amines) is 1. The van der Waals surface area contributed by atoms with Crippen molar-refractivity contribution in [3.8, 4) is 0 Å². The molecule has 0 radical (unpaired) electrons. The Morgan fingerprint density at radius 3 is 2.21 bits per heavy atom. The van der Waals surface area contributed by atoms with Crippen molar-refractivity contribution >= 4 is 39.4 Å². The maximum Gasteiger partial charge on any atom is 0.315 e. The molecule has 1 saturated heterocycles. The van der Waals surface area contributed by atoms with Crippen LogP contribution in [0.25, 0.3) is 0 Å². The first-order valence-electron chi connectivity index (χ1n) is 17.4. The molecule has 1 heterocycles. The van der Waals surface area contributed by atoms with Crippen molar-refractivity contribution in [2.75, 3.05) is 25.1 Å². The van der Waals surface area contributed by atoms with Gasteiger partial charge in [0.25, 0.3) is 5.91 Å². The number of hydrogen-bond donors (Lipinski definition) is 4. The number of nitrogens with zero attached hydrogens (tertiary/aromatic N) is 1. The van der Waals surface area contributed by atoms with Gasteiger partial charge in [-0.15, -0.1) is 6.58 Å². The molecule has 0 aromatic carbocycles. The Hall–Kier alpha value is -2.96. The fourth-order valence-corrected chi connectivity index (χ4v) is 9.88. The van der Waals surface area contributed by atoms with Crippen molar-refractivity contribution in [2.24, 2.45) is 23.2 Å². The first-order chi connectivity index (χ1) is 22.1. The van der Waals surface area contributed by atoms with Crippen LogP contribution in [0.15, 0.2) is 12.7 Å². The van der Waals surface area contributed by atoms with Crippen molar-refractivity contribution in [3.63, 3.8) is 0 Å². The highest BCUT2D eigenvalue weighted by Gasteiger charge is 2.69. The lowest BCUT2D eigenvalue weighted by molar-refractivity contribution is -0.144. The number of sulfone groups is 1. The standard InChI is InChI=1S/C34H55N5O7S/c1-6-14-24(28(40)30(42)35-19-7-2)36-29(41)27-25-23(33(25,3)4)20-39(27)31(43)26(22-15-10-8-11-16-22)37-32(44)38-34(21-47(5,45)46)17-12-9-13-18-34/h7,22-27H,2,6,8-21H2,1,3-5H3,(H,35,42)(H,36,41)(H2,37,38,44)/t23?,24?,25?,26-,27-/m0/s1. The quantitative estimate of drug-likeness (QED) is 0.162. The van der Waals surface area contributed by atoms with E-state index in [9.17, 15) is 32.4 Å². The zero-order valence-corrected chi connectivity index (χ0v) is 29.4. The zero-order chi connectivity index (χ0) is 34.6. The Balaban J connectivity index is 1.56. The number of urea groups is 1. The van der Waals surface area contributed by atoms with Crippen molar-refractivity contribution in [2.45, 2.75) is 121 Å². The summed E-state index contributed by atoms with van der Waals surface area (Å²) in [6.07, 6.45) is 11.5. The minimum Gasteiger partial charge on any atom is -0.346 e. The highest BCUT2D eigenvalue weighted by atomic mass is 32.2. The third kappa shape index (κ3) is 8.75. The minimum atomic E-state index is -3.38. The molecule has 5 atom stereocenters. The van der Waals surface area contributed by atoms with E-state index in [-0.39, 0.29) is 47.8 Å². The molecule has 12 nitrogen and oxygen atoms in total. The third-order valence-electron chi connectivity index (χ3n) is 11.0. The summed E-state index contributed by atoms with van der Waals surface area (Å²) in [6.45, 7) is 10.0. The van der Waals surface area contributed by atoms with E-state index in [0.717, 1.165) is 51.4 Å². The number of hydrogen-bond acceptors (Lipinski definition) is 7. The van der Waals surface area contributed by atoms with Gasteiger partial charge in [0.15, 0.2) is 0 Å². The molecule has 4 rings (SSSR count). The Morgan fingerprint density at radius 2 is 1.62 bits per heavy atom. The molecule has 0 aromatic rings. The fraction of sp³-hybridized carbons (Fsp3) is 0.794. The summed E-state index contributed by atoms with van der Waals surface area (Å²) in [6, 6.07) is -3.33. The summed E-state index contributed by atoms with van der Waals surface area (Å²) in [4.78, 5) is 69.2. The van der Waals surface area contributed by atoms with E-state index in [1.807, 2.05) is 6.92 Å². The molecular formula is C34H55N5O7S. The monoisotopic (exact) mass is 677 g/mol. The summed E-state index contributed by atoms with van der Waals surface area (Å²) in [5, 5.41) is 11.2. The van der Waals surface area contributed by atoms with E-state index in [1.165, 1.54) is 12.3 Å². The summed E-state index contributed by atoms with van der Waals surface area (Å²) >= 11 is 0. The Morgan fingerprint density at radius 1 is 0.979 bits per heavy atom. The van der Waals surface area contributed by atoms with Gasteiger partial charge in [-0.1, -0.05) is 71.8 Å². The number of rotatable bonds is 14. The summed E-state index contributed by atoms with van der Waals surface area (Å²) in [5.74, 6) is -2.68. The van der Waals surface area contributed by atoms with Crippen LogP contribution in [0.2, 0.25) is 0 Å². The van der Waals surface area contributed by atoms with Crippen molar-refractivity contribution < 1.29 is 32.4 Å². The van der Waals surface area contributed by atoms with E-state index < -0.39 is 57.1 Å². The topological polar surface area (TPSA) is 171 Å². The largest absolute Gasteiger partial charge is 0.346 e. The van der Waals surface area contributed by atoms with Gasteiger partial charge in [-0.25, -0.2) is 13.2 Å². The Labute approximate surface area is 279 Å². The molecular weight excluding hydrogens is 622 g/mol. The van der Waals surface area contributed by atoms with Gasteiger partial charge in [0.2, 0.25) is 17.6 Å². The molecule has 3 aliphatic carbocycles. The number of nitrogens with one attached hydrogen (secondary N) is 4. The molecule has 5 amide bonds. The van der Waals surface area contributed by atoms with E-state index in [2.05, 4.69) is 41.7 Å². The predicted octanol–water partition coefficient (Wildman–Crippen LogP) is 2.62. The lowest BCUT2D eigenvalue weighted by Crippen LogP contribution is -2.63. The van der Waals surface area contributed by atoms with Crippen LogP contribution in [0.1, 0.15) is 97.8 Å². The third-order valence-corrected chi connectivity index (χ3v) is 12.1. The molecule has 0 bridgehead atoms. The molecule has 4 aliphatic rings. The van der Waals surface area contributed by atoms with Gasteiger partial charge in [-0.2, -0.15) is 0 Å².